The molecule has 0 heterocycles. The van der Waals surface area contributed by atoms with E-state index in [-0.39, 0.29) is 24.2 Å². The monoisotopic (exact) mass is 345 g/mol. The molecule has 2 N–H and O–H groups in total. The Kier molecular flexibility index (Phi) is 8.49. The highest BCUT2D eigenvalue weighted by Crippen LogP contribution is 2.04. The molecule has 0 bridgehead atoms. The van der Waals surface area contributed by atoms with Crippen molar-refractivity contribution in [2.45, 2.75) is 12.5 Å². The summed E-state index contributed by atoms with van der Waals surface area (Å²) in [5.41, 5.74) is 7.01. The Morgan fingerprint density at radius 3 is 2.16 bits per heavy atom. The number of carbonyl (C=O) groups is 3. The molecule has 25 heavy (non-hydrogen) atoms. The molecule has 0 aliphatic carbocycles. The van der Waals surface area contributed by atoms with Gasteiger partial charge < -0.3 is 19.9 Å². The fraction of sp³-hybridized carbons (Fsp3) is 0.312. The lowest BCUT2D eigenvalue weighted by molar-refractivity contribution is -0.150. The highest BCUT2D eigenvalue weighted by molar-refractivity contribution is 6.47. The van der Waals surface area contributed by atoms with Crippen molar-refractivity contribution in [1.82, 2.24) is 0 Å². The van der Waals surface area contributed by atoms with Gasteiger partial charge in [-0.05, 0) is 22.9 Å². The van der Waals surface area contributed by atoms with Crippen molar-refractivity contribution in [1.29, 1.82) is 0 Å². The maximum Gasteiger partial charge on any atom is 0.324 e. The number of esters is 3. The van der Waals surface area contributed by atoms with Gasteiger partial charge in [0.25, 0.3) is 0 Å². The Hall–Kier alpha value is -2.54. The van der Waals surface area contributed by atoms with Gasteiger partial charge in [0.1, 0.15) is 34.9 Å². The fourth-order valence-corrected chi connectivity index (χ4v) is 1.90. The molecule has 0 spiro atoms. The highest BCUT2D eigenvalue weighted by Gasteiger charge is 2.17. The Labute approximate surface area is 148 Å². The van der Waals surface area contributed by atoms with Gasteiger partial charge in [-0.1, -0.05) is 30.3 Å². The van der Waals surface area contributed by atoms with Crippen LogP contribution in [0.3, 0.4) is 0 Å². The lowest BCUT2D eigenvalue weighted by Gasteiger charge is -2.12. The second kappa shape index (κ2) is 10.4. The standard InChI is InChI=1S/C16H21B2NO6/c1-23-15(21)12(17)13(18)16(22)25-8-7-24-14(20)11(19)9-10-5-3-2-4-6-10/h2-6,11H,7-9,17-19H2,1H3/b13-12+/t11-/m0/s1. The summed E-state index contributed by atoms with van der Waals surface area (Å²) in [4.78, 5) is 34.9. The third-order valence-corrected chi connectivity index (χ3v) is 3.52. The SMILES string of the molecule is B/C(C(=O)OC)=C(/B)C(=O)OCCOC(=O)[C@@H](N)Cc1ccccc1. The third kappa shape index (κ3) is 6.84. The number of hydrogen-bond donors (Lipinski definition) is 1. The Morgan fingerprint density at radius 1 is 1.00 bits per heavy atom. The van der Waals surface area contributed by atoms with Gasteiger partial charge in [0.05, 0.1) is 7.11 Å². The van der Waals surface area contributed by atoms with Crippen LogP contribution in [-0.4, -0.2) is 60.0 Å². The minimum atomic E-state index is -0.790. The number of benzene rings is 1. The van der Waals surface area contributed by atoms with Crippen molar-refractivity contribution >= 4 is 33.6 Å². The molecule has 1 atom stereocenters. The number of methoxy groups -OCH3 is 1. The molecule has 0 saturated carbocycles. The first-order valence-electron chi connectivity index (χ1n) is 7.75. The van der Waals surface area contributed by atoms with E-state index >= 15 is 0 Å². The molecule has 0 amide bonds. The Bertz CT molecular complexity index is 647. The molecule has 1 aromatic rings. The van der Waals surface area contributed by atoms with Gasteiger partial charge in [0.2, 0.25) is 0 Å². The molecule has 1 rings (SSSR count). The molecule has 0 aliphatic heterocycles. The van der Waals surface area contributed by atoms with Gasteiger partial charge in [0, 0.05) is 0 Å². The van der Waals surface area contributed by atoms with Crippen molar-refractivity contribution in [3.05, 3.63) is 46.8 Å². The third-order valence-electron chi connectivity index (χ3n) is 3.52. The van der Waals surface area contributed by atoms with Crippen LogP contribution >= 0.6 is 0 Å². The van der Waals surface area contributed by atoms with Crippen LogP contribution in [0.2, 0.25) is 0 Å². The van der Waals surface area contributed by atoms with Crippen molar-refractivity contribution in [3.63, 3.8) is 0 Å². The maximum atomic E-state index is 11.8. The molecular weight excluding hydrogens is 324 g/mol. The molecule has 1 aromatic carbocycles. The van der Waals surface area contributed by atoms with Crippen molar-refractivity contribution < 1.29 is 28.6 Å². The van der Waals surface area contributed by atoms with E-state index in [9.17, 15) is 14.4 Å². The normalized spacial score (nSPS) is 12.6. The zero-order valence-electron chi connectivity index (χ0n) is 14.6. The second-order valence-electron chi connectivity index (χ2n) is 5.34. The summed E-state index contributed by atoms with van der Waals surface area (Å²) in [6.45, 7) is -0.244. The van der Waals surface area contributed by atoms with Crippen LogP contribution in [0, 0.1) is 0 Å². The number of hydrogen-bond acceptors (Lipinski definition) is 7. The highest BCUT2D eigenvalue weighted by atomic mass is 16.6. The lowest BCUT2D eigenvalue weighted by Crippen LogP contribution is -2.35. The van der Waals surface area contributed by atoms with E-state index in [1.165, 1.54) is 22.8 Å². The van der Waals surface area contributed by atoms with Crippen LogP contribution in [0.4, 0.5) is 0 Å². The first kappa shape index (κ1) is 20.5. The topological polar surface area (TPSA) is 105 Å². The number of rotatable bonds is 8. The zero-order chi connectivity index (χ0) is 18.8. The second-order valence-corrected chi connectivity index (χ2v) is 5.34. The Balaban J connectivity index is 2.36. The van der Waals surface area contributed by atoms with Gasteiger partial charge >= 0.3 is 17.9 Å². The molecule has 0 saturated heterocycles. The minimum absolute atomic E-state index is 0.113. The molecule has 0 aromatic heterocycles. The summed E-state index contributed by atoms with van der Waals surface area (Å²) in [5, 5.41) is 0. The molecular formula is C16H21B2NO6. The number of ether oxygens (including phenoxy) is 3. The first-order chi connectivity index (χ1) is 11.9. The summed E-state index contributed by atoms with van der Waals surface area (Å²) in [6.07, 6.45) is 0.361. The predicted molar refractivity (Wildman–Crippen MR) is 96.2 cm³/mol. The molecule has 0 fully saturated rings. The van der Waals surface area contributed by atoms with Gasteiger partial charge in [-0.3, -0.25) is 4.79 Å². The van der Waals surface area contributed by atoms with E-state index in [4.69, 9.17) is 15.2 Å². The molecule has 9 heteroatoms. The minimum Gasteiger partial charge on any atom is -0.466 e. The molecule has 7 nitrogen and oxygen atoms in total. The van der Waals surface area contributed by atoms with Crippen LogP contribution in [0.15, 0.2) is 41.3 Å². The van der Waals surface area contributed by atoms with Crippen LogP contribution in [0.1, 0.15) is 5.56 Å². The molecule has 0 aliphatic rings. The van der Waals surface area contributed by atoms with Crippen molar-refractivity contribution in [2.24, 2.45) is 5.73 Å². The summed E-state index contributed by atoms with van der Waals surface area (Å²) in [6, 6.07) is 8.54. The Morgan fingerprint density at radius 2 is 1.56 bits per heavy atom. The van der Waals surface area contributed by atoms with E-state index in [1.54, 1.807) is 0 Å². The number of nitrogens with two attached hydrogens (primary N) is 1. The summed E-state index contributed by atoms with van der Waals surface area (Å²) >= 11 is 0. The van der Waals surface area contributed by atoms with E-state index < -0.39 is 23.9 Å². The summed E-state index contributed by atoms with van der Waals surface area (Å²) in [7, 11) is 4.14. The van der Waals surface area contributed by atoms with Gasteiger partial charge in [-0.25, -0.2) is 9.59 Å². The zero-order valence-corrected chi connectivity index (χ0v) is 14.6. The van der Waals surface area contributed by atoms with Gasteiger partial charge in [0.15, 0.2) is 0 Å². The first-order valence-corrected chi connectivity index (χ1v) is 7.75. The van der Waals surface area contributed by atoms with E-state index in [1.807, 2.05) is 30.3 Å². The van der Waals surface area contributed by atoms with Gasteiger partial charge in [-0.15, -0.1) is 0 Å². The van der Waals surface area contributed by atoms with E-state index in [0.29, 0.717) is 6.42 Å². The predicted octanol–water partition coefficient (Wildman–Crippen LogP) is -1.71. The van der Waals surface area contributed by atoms with Crippen LogP contribution < -0.4 is 5.73 Å². The fourth-order valence-electron chi connectivity index (χ4n) is 1.90. The largest absolute Gasteiger partial charge is 0.466 e. The van der Waals surface area contributed by atoms with Crippen LogP contribution in [0.25, 0.3) is 0 Å². The smallest absolute Gasteiger partial charge is 0.324 e. The molecule has 0 radical (unpaired) electrons. The summed E-state index contributed by atoms with van der Waals surface area (Å²) < 4.78 is 14.5. The van der Waals surface area contributed by atoms with Gasteiger partial charge in [-0.2, -0.15) is 0 Å². The maximum absolute atomic E-state index is 11.8. The number of carbonyl (C=O) groups excluding carboxylic acids is 3. The van der Waals surface area contributed by atoms with Crippen molar-refractivity contribution in [3.8, 4) is 0 Å². The summed E-state index contributed by atoms with van der Waals surface area (Å²) in [5.74, 6) is -1.85. The lowest BCUT2D eigenvalue weighted by atomic mass is 9.80. The van der Waals surface area contributed by atoms with E-state index in [0.717, 1.165) is 5.56 Å². The van der Waals surface area contributed by atoms with Crippen LogP contribution in [-0.2, 0) is 35.0 Å². The van der Waals surface area contributed by atoms with Crippen LogP contribution in [0.5, 0.6) is 0 Å². The molecule has 132 valence electrons. The molecule has 0 unspecified atom stereocenters. The van der Waals surface area contributed by atoms with Crippen molar-refractivity contribution in [2.75, 3.05) is 20.3 Å². The average Bonchev–Trinajstić information content (AvgIpc) is 2.63. The van der Waals surface area contributed by atoms with E-state index in [2.05, 4.69) is 4.74 Å². The average molecular weight is 345 g/mol. The quantitative estimate of drug-likeness (QED) is 0.197.